The first-order valence-corrected chi connectivity index (χ1v) is 6.88. The summed E-state index contributed by atoms with van der Waals surface area (Å²) in [6.07, 6.45) is 3.14. The van der Waals surface area contributed by atoms with Crippen LogP contribution < -0.4 is 10.6 Å². The van der Waals surface area contributed by atoms with Crippen LogP contribution in [0.1, 0.15) is 30.9 Å². The van der Waals surface area contributed by atoms with E-state index in [2.05, 4.69) is 22.8 Å². The Morgan fingerprint density at radius 1 is 1.28 bits per heavy atom. The van der Waals surface area contributed by atoms with E-state index in [9.17, 15) is 4.79 Å². The van der Waals surface area contributed by atoms with Crippen molar-refractivity contribution in [2.75, 3.05) is 6.54 Å². The van der Waals surface area contributed by atoms with Crippen molar-refractivity contribution in [2.24, 2.45) is 5.92 Å². The van der Waals surface area contributed by atoms with E-state index in [1.165, 1.54) is 18.4 Å². The van der Waals surface area contributed by atoms with Gasteiger partial charge >= 0.3 is 0 Å². The molecule has 96 valence electrons. The molecule has 18 heavy (non-hydrogen) atoms. The fourth-order valence-electron chi connectivity index (χ4n) is 2.58. The molecule has 0 spiro atoms. The lowest BCUT2D eigenvalue weighted by Gasteiger charge is -2.22. The normalized spacial score (nSPS) is 24.9. The molecule has 1 aliphatic carbocycles. The molecule has 4 heteroatoms. The topological polar surface area (TPSA) is 41.1 Å². The van der Waals surface area contributed by atoms with E-state index in [-0.39, 0.29) is 11.9 Å². The summed E-state index contributed by atoms with van der Waals surface area (Å²) >= 11 is 5.93. The summed E-state index contributed by atoms with van der Waals surface area (Å²) in [4.78, 5) is 11.2. The number of carbonyl (C=O) groups is 1. The van der Waals surface area contributed by atoms with Crippen molar-refractivity contribution in [2.45, 2.75) is 31.3 Å². The second-order valence-corrected chi connectivity index (χ2v) is 5.67. The van der Waals surface area contributed by atoms with Crippen LogP contribution in [0.3, 0.4) is 0 Å². The molecule has 1 aliphatic heterocycles. The van der Waals surface area contributed by atoms with Crippen LogP contribution in [0.5, 0.6) is 0 Å². The van der Waals surface area contributed by atoms with Gasteiger partial charge in [-0.25, -0.2) is 0 Å². The van der Waals surface area contributed by atoms with Gasteiger partial charge in [0.15, 0.2) is 0 Å². The predicted molar refractivity (Wildman–Crippen MR) is 71.5 cm³/mol. The first kappa shape index (κ1) is 12.0. The van der Waals surface area contributed by atoms with E-state index >= 15 is 0 Å². The van der Waals surface area contributed by atoms with Crippen molar-refractivity contribution in [3.8, 4) is 0 Å². The number of nitrogens with one attached hydrogen (secondary N) is 2. The number of hydrogen-bond donors (Lipinski definition) is 2. The fourth-order valence-corrected chi connectivity index (χ4v) is 2.71. The molecule has 0 aromatic heterocycles. The maximum Gasteiger partial charge on any atom is 0.221 e. The lowest BCUT2D eigenvalue weighted by molar-refractivity contribution is -0.119. The van der Waals surface area contributed by atoms with Crippen molar-refractivity contribution < 1.29 is 4.79 Å². The molecular weight excluding hydrogens is 248 g/mol. The van der Waals surface area contributed by atoms with E-state index in [1.54, 1.807) is 0 Å². The first-order valence-electron chi connectivity index (χ1n) is 6.50. The highest BCUT2D eigenvalue weighted by atomic mass is 35.5. The Morgan fingerprint density at radius 2 is 2.00 bits per heavy atom. The highest BCUT2D eigenvalue weighted by Gasteiger charge is 2.35. The van der Waals surface area contributed by atoms with E-state index in [4.69, 9.17) is 11.6 Å². The molecule has 2 fully saturated rings. The summed E-state index contributed by atoms with van der Waals surface area (Å²) in [5.74, 6) is 0.861. The van der Waals surface area contributed by atoms with Crippen molar-refractivity contribution in [1.82, 2.24) is 10.6 Å². The van der Waals surface area contributed by atoms with Crippen LogP contribution in [0.2, 0.25) is 5.02 Å². The van der Waals surface area contributed by atoms with Crippen molar-refractivity contribution in [3.63, 3.8) is 0 Å². The minimum atomic E-state index is 0.151. The molecule has 1 aromatic carbocycles. The number of carbonyl (C=O) groups excluding carboxylic acids is 1. The van der Waals surface area contributed by atoms with Crippen LogP contribution in [0.25, 0.3) is 0 Å². The summed E-state index contributed by atoms with van der Waals surface area (Å²) in [7, 11) is 0. The average molecular weight is 265 g/mol. The van der Waals surface area contributed by atoms with E-state index in [1.807, 2.05) is 12.1 Å². The third-order valence-corrected chi connectivity index (χ3v) is 3.97. The zero-order valence-electron chi connectivity index (χ0n) is 10.2. The maximum absolute atomic E-state index is 11.2. The van der Waals surface area contributed by atoms with Gasteiger partial charge in [-0.15, -0.1) is 0 Å². The zero-order valence-corrected chi connectivity index (χ0v) is 10.9. The molecule has 2 unspecified atom stereocenters. The van der Waals surface area contributed by atoms with Gasteiger partial charge in [-0.1, -0.05) is 23.7 Å². The fraction of sp³-hybridized carbons (Fsp3) is 0.500. The van der Waals surface area contributed by atoms with Gasteiger partial charge in [-0.2, -0.15) is 0 Å². The molecule has 1 saturated heterocycles. The SMILES string of the molecule is O=C1CC(NC(c2ccc(Cl)cc2)C2CC2)CN1. The molecule has 1 aromatic rings. The summed E-state index contributed by atoms with van der Waals surface area (Å²) in [6.45, 7) is 0.746. The minimum Gasteiger partial charge on any atom is -0.354 e. The van der Waals surface area contributed by atoms with Crippen LogP contribution >= 0.6 is 11.6 Å². The second kappa shape index (κ2) is 4.90. The summed E-state index contributed by atoms with van der Waals surface area (Å²) < 4.78 is 0. The van der Waals surface area contributed by atoms with E-state index in [0.29, 0.717) is 18.4 Å². The molecule has 1 heterocycles. The van der Waals surface area contributed by atoms with Gasteiger partial charge in [0.05, 0.1) is 0 Å². The molecule has 2 aliphatic rings. The molecule has 0 radical (unpaired) electrons. The van der Waals surface area contributed by atoms with Crippen LogP contribution in [0.4, 0.5) is 0 Å². The van der Waals surface area contributed by atoms with Crippen LogP contribution in [-0.2, 0) is 4.79 Å². The van der Waals surface area contributed by atoms with Gasteiger partial charge in [0.2, 0.25) is 5.91 Å². The number of halogens is 1. The van der Waals surface area contributed by atoms with Crippen molar-refractivity contribution in [3.05, 3.63) is 34.9 Å². The number of amides is 1. The van der Waals surface area contributed by atoms with Crippen LogP contribution in [0.15, 0.2) is 24.3 Å². The maximum atomic E-state index is 11.2. The number of benzene rings is 1. The third-order valence-electron chi connectivity index (χ3n) is 3.72. The number of hydrogen-bond acceptors (Lipinski definition) is 2. The van der Waals surface area contributed by atoms with Crippen molar-refractivity contribution >= 4 is 17.5 Å². The second-order valence-electron chi connectivity index (χ2n) is 5.24. The Hall–Kier alpha value is -1.06. The standard InChI is InChI=1S/C14H17ClN2O/c15-11-5-3-10(4-6-11)14(9-1-2-9)17-12-7-13(18)16-8-12/h3-6,9,12,14,17H,1-2,7-8H2,(H,16,18). The summed E-state index contributed by atoms with van der Waals surface area (Å²) in [6, 6.07) is 8.67. The predicted octanol–water partition coefficient (Wildman–Crippen LogP) is 2.27. The Bertz CT molecular complexity index is 442. The molecule has 3 nitrogen and oxygen atoms in total. The van der Waals surface area contributed by atoms with Gasteiger partial charge in [0.1, 0.15) is 0 Å². The quantitative estimate of drug-likeness (QED) is 0.876. The molecule has 2 N–H and O–H groups in total. The highest BCUT2D eigenvalue weighted by Crippen LogP contribution is 2.41. The molecule has 1 saturated carbocycles. The Labute approximate surface area is 112 Å². The minimum absolute atomic E-state index is 0.151. The lowest BCUT2D eigenvalue weighted by atomic mass is 10.0. The Balaban J connectivity index is 1.72. The molecule has 1 amide bonds. The van der Waals surface area contributed by atoms with E-state index < -0.39 is 0 Å². The zero-order chi connectivity index (χ0) is 12.5. The molecule has 3 rings (SSSR count). The van der Waals surface area contributed by atoms with Crippen LogP contribution in [0, 0.1) is 5.92 Å². The van der Waals surface area contributed by atoms with Gasteiger partial charge in [0.25, 0.3) is 0 Å². The highest BCUT2D eigenvalue weighted by molar-refractivity contribution is 6.30. The lowest BCUT2D eigenvalue weighted by Crippen LogP contribution is -2.35. The van der Waals surface area contributed by atoms with Gasteiger partial charge in [-0.3, -0.25) is 4.79 Å². The average Bonchev–Trinajstić information content (AvgIpc) is 3.12. The van der Waals surface area contributed by atoms with Crippen molar-refractivity contribution in [1.29, 1.82) is 0 Å². The molecular formula is C14H17ClN2O. The largest absolute Gasteiger partial charge is 0.354 e. The monoisotopic (exact) mass is 264 g/mol. The smallest absolute Gasteiger partial charge is 0.221 e. The van der Waals surface area contributed by atoms with Gasteiger partial charge in [-0.05, 0) is 36.5 Å². The van der Waals surface area contributed by atoms with Crippen LogP contribution in [-0.4, -0.2) is 18.5 Å². The number of rotatable bonds is 4. The van der Waals surface area contributed by atoms with Gasteiger partial charge in [0, 0.05) is 30.1 Å². The third kappa shape index (κ3) is 2.68. The molecule has 2 atom stereocenters. The summed E-state index contributed by atoms with van der Waals surface area (Å²) in [5, 5.41) is 7.26. The Kier molecular flexibility index (Phi) is 3.27. The Morgan fingerprint density at radius 3 is 2.56 bits per heavy atom. The molecule has 0 bridgehead atoms. The van der Waals surface area contributed by atoms with Gasteiger partial charge < -0.3 is 10.6 Å². The van der Waals surface area contributed by atoms with E-state index in [0.717, 1.165) is 11.6 Å². The first-order chi connectivity index (χ1) is 8.72. The summed E-state index contributed by atoms with van der Waals surface area (Å²) in [5.41, 5.74) is 1.28.